The van der Waals surface area contributed by atoms with E-state index in [4.69, 9.17) is 4.74 Å². The minimum Gasteiger partial charge on any atom is -0.473 e. The highest BCUT2D eigenvalue weighted by molar-refractivity contribution is 5.81. The zero-order valence-corrected chi connectivity index (χ0v) is 12.8. The molecule has 1 aromatic rings. The molecule has 1 atom stereocenters. The lowest BCUT2D eigenvalue weighted by atomic mass is 10.2. The Morgan fingerprint density at radius 2 is 2.14 bits per heavy atom. The van der Waals surface area contributed by atoms with Crippen LogP contribution >= 0.6 is 0 Å². The summed E-state index contributed by atoms with van der Waals surface area (Å²) in [5, 5.41) is 10.9. The number of hydrogen-bond acceptors (Lipinski definition) is 6. The first kappa shape index (κ1) is 16.2. The lowest BCUT2D eigenvalue weighted by Gasteiger charge is -2.35. The van der Waals surface area contributed by atoms with Crippen molar-refractivity contribution < 1.29 is 14.5 Å². The second-order valence-corrected chi connectivity index (χ2v) is 5.10. The van der Waals surface area contributed by atoms with Crippen molar-refractivity contribution in [2.45, 2.75) is 20.0 Å². The first-order valence-corrected chi connectivity index (χ1v) is 7.30. The van der Waals surface area contributed by atoms with Gasteiger partial charge in [0.25, 0.3) is 5.91 Å². The molecule has 1 fully saturated rings. The number of amides is 1. The van der Waals surface area contributed by atoms with E-state index >= 15 is 0 Å². The number of nitrogens with zero attached hydrogens (tertiary/aromatic N) is 4. The maximum atomic E-state index is 12.4. The number of pyridine rings is 1. The van der Waals surface area contributed by atoms with E-state index in [0.717, 1.165) is 19.6 Å². The standard InChI is InChI=1S/C14H20N4O4/c1-3-16-7-9-17(10-8-16)14(19)11(2)22-12-5-4-6-15-13(12)18(20)21/h4-6,11H,3,7-10H2,1-2H3/t11-/m1/s1. The molecule has 0 unspecified atom stereocenters. The van der Waals surface area contributed by atoms with E-state index in [0.29, 0.717) is 13.1 Å². The molecule has 2 heterocycles. The van der Waals surface area contributed by atoms with Crippen LogP contribution in [0.1, 0.15) is 13.8 Å². The van der Waals surface area contributed by atoms with Crippen LogP contribution in [0.25, 0.3) is 0 Å². The number of carbonyl (C=O) groups is 1. The molecule has 0 bridgehead atoms. The van der Waals surface area contributed by atoms with E-state index in [9.17, 15) is 14.9 Å². The highest BCUT2D eigenvalue weighted by atomic mass is 16.6. The topological polar surface area (TPSA) is 88.8 Å². The van der Waals surface area contributed by atoms with Gasteiger partial charge in [-0.2, -0.15) is 0 Å². The van der Waals surface area contributed by atoms with Crippen LogP contribution < -0.4 is 4.74 Å². The van der Waals surface area contributed by atoms with Crippen LogP contribution in [0, 0.1) is 10.1 Å². The zero-order chi connectivity index (χ0) is 16.1. The predicted molar refractivity (Wildman–Crippen MR) is 79.7 cm³/mol. The molecular formula is C14H20N4O4. The van der Waals surface area contributed by atoms with Gasteiger partial charge in [-0.3, -0.25) is 4.79 Å². The van der Waals surface area contributed by atoms with Crippen LogP contribution in [-0.4, -0.2) is 64.4 Å². The minimum atomic E-state index is -0.781. The summed E-state index contributed by atoms with van der Waals surface area (Å²) in [6, 6.07) is 2.99. The summed E-state index contributed by atoms with van der Waals surface area (Å²) in [7, 11) is 0. The Labute approximate surface area is 128 Å². The lowest BCUT2D eigenvalue weighted by Crippen LogP contribution is -2.51. The maximum Gasteiger partial charge on any atom is 0.406 e. The maximum absolute atomic E-state index is 12.4. The molecule has 0 aromatic carbocycles. The zero-order valence-electron chi connectivity index (χ0n) is 12.8. The fourth-order valence-corrected chi connectivity index (χ4v) is 2.39. The van der Waals surface area contributed by atoms with Crippen LogP contribution in [0.3, 0.4) is 0 Å². The molecule has 0 spiro atoms. The molecule has 8 nitrogen and oxygen atoms in total. The second kappa shape index (κ2) is 7.17. The number of carbonyl (C=O) groups excluding carboxylic acids is 1. The number of piperazine rings is 1. The van der Waals surface area contributed by atoms with Gasteiger partial charge in [-0.05, 0) is 35.5 Å². The molecule has 1 amide bonds. The normalized spacial score (nSPS) is 17.1. The SMILES string of the molecule is CCN1CCN(C(=O)[C@@H](C)Oc2cccnc2[N+](=O)[O-])CC1. The molecule has 22 heavy (non-hydrogen) atoms. The molecule has 8 heteroatoms. The van der Waals surface area contributed by atoms with Gasteiger partial charge in [0.05, 0.1) is 0 Å². The van der Waals surface area contributed by atoms with E-state index in [2.05, 4.69) is 16.8 Å². The van der Waals surface area contributed by atoms with E-state index in [-0.39, 0.29) is 17.5 Å². The number of aromatic nitrogens is 1. The molecule has 2 rings (SSSR count). The fourth-order valence-electron chi connectivity index (χ4n) is 2.39. The van der Waals surface area contributed by atoms with Gasteiger partial charge >= 0.3 is 5.82 Å². The van der Waals surface area contributed by atoms with Crippen LogP contribution in [0.2, 0.25) is 0 Å². The monoisotopic (exact) mass is 308 g/mol. The van der Waals surface area contributed by atoms with Crippen LogP contribution in [0.4, 0.5) is 5.82 Å². The second-order valence-electron chi connectivity index (χ2n) is 5.10. The van der Waals surface area contributed by atoms with Gasteiger partial charge in [-0.1, -0.05) is 6.92 Å². The first-order chi connectivity index (χ1) is 10.5. The number of rotatable bonds is 5. The Morgan fingerprint density at radius 3 is 2.73 bits per heavy atom. The summed E-state index contributed by atoms with van der Waals surface area (Å²) in [6.07, 6.45) is 0.539. The highest BCUT2D eigenvalue weighted by Gasteiger charge is 2.27. The number of ether oxygens (including phenoxy) is 1. The van der Waals surface area contributed by atoms with Crippen molar-refractivity contribution in [3.05, 3.63) is 28.4 Å². The van der Waals surface area contributed by atoms with Crippen LogP contribution in [-0.2, 0) is 4.79 Å². The summed E-state index contributed by atoms with van der Waals surface area (Å²) in [4.78, 5) is 30.3. The number of hydrogen-bond donors (Lipinski definition) is 0. The molecule has 1 aliphatic heterocycles. The summed E-state index contributed by atoms with van der Waals surface area (Å²) in [5.41, 5.74) is 0. The predicted octanol–water partition coefficient (Wildman–Crippen LogP) is 0.921. The van der Waals surface area contributed by atoms with Crippen molar-refractivity contribution in [3.63, 3.8) is 0 Å². The van der Waals surface area contributed by atoms with E-state index in [1.165, 1.54) is 12.3 Å². The summed E-state index contributed by atoms with van der Waals surface area (Å²) in [5.74, 6) is -0.521. The van der Waals surface area contributed by atoms with Crippen molar-refractivity contribution in [3.8, 4) is 5.75 Å². The minimum absolute atomic E-state index is 0.0144. The quantitative estimate of drug-likeness (QED) is 0.593. The summed E-state index contributed by atoms with van der Waals surface area (Å²) >= 11 is 0. The average molecular weight is 308 g/mol. The van der Waals surface area contributed by atoms with Gasteiger partial charge in [0, 0.05) is 26.2 Å². The smallest absolute Gasteiger partial charge is 0.406 e. The largest absolute Gasteiger partial charge is 0.473 e. The first-order valence-electron chi connectivity index (χ1n) is 7.30. The van der Waals surface area contributed by atoms with Gasteiger partial charge in [-0.15, -0.1) is 0 Å². The average Bonchev–Trinajstić information content (AvgIpc) is 2.54. The third-order valence-electron chi connectivity index (χ3n) is 3.71. The van der Waals surface area contributed by atoms with E-state index < -0.39 is 11.0 Å². The molecule has 0 radical (unpaired) electrons. The molecule has 0 N–H and O–H groups in total. The van der Waals surface area contributed by atoms with E-state index in [1.807, 2.05) is 0 Å². The summed E-state index contributed by atoms with van der Waals surface area (Å²) < 4.78 is 5.47. The van der Waals surface area contributed by atoms with Crippen molar-refractivity contribution in [2.75, 3.05) is 32.7 Å². The lowest BCUT2D eigenvalue weighted by molar-refractivity contribution is -0.390. The van der Waals surface area contributed by atoms with Gasteiger partial charge < -0.3 is 24.7 Å². The van der Waals surface area contributed by atoms with Crippen molar-refractivity contribution in [1.29, 1.82) is 0 Å². The number of likely N-dealkylation sites (N-methyl/N-ethyl adjacent to an activating group) is 1. The fraction of sp³-hybridized carbons (Fsp3) is 0.571. The Balaban J connectivity index is 1.99. The third-order valence-corrected chi connectivity index (χ3v) is 3.71. The summed E-state index contributed by atoms with van der Waals surface area (Å²) in [6.45, 7) is 7.63. The molecule has 0 aliphatic carbocycles. The van der Waals surface area contributed by atoms with Gasteiger partial charge in [0.2, 0.25) is 5.75 Å². The van der Waals surface area contributed by atoms with Gasteiger partial charge in [0.15, 0.2) is 6.10 Å². The Hall–Kier alpha value is -2.22. The van der Waals surface area contributed by atoms with Crippen molar-refractivity contribution in [1.82, 2.24) is 14.8 Å². The van der Waals surface area contributed by atoms with E-state index in [1.54, 1.807) is 17.9 Å². The van der Waals surface area contributed by atoms with Crippen LogP contribution in [0.5, 0.6) is 5.75 Å². The van der Waals surface area contributed by atoms with Gasteiger partial charge in [-0.25, -0.2) is 0 Å². The molecule has 1 aromatic heterocycles. The highest BCUT2D eigenvalue weighted by Crippen LogP contribution is 2.24. The Kier molecular flexibility index (Phi) is 5.26. The Bertz CT molecular complexity index is 543. The molecule has 0 saturated carbocycles. The molecule has 1 saturated heterocycles. The van der Waals surface area contributed by atoms with Crippen molar-refractivity contribution in [2.24, 2.45) is 0 Å². The third kappa shape index (κ3) is 3.70. The molecule has 1 aliphatic rings. The Morgan fingerprint density at radius 1 is 1.45 bits per heavy atom. The number of nitro groups is 1. The van der Waals surface area contributed by atoms with Crippen LogP contribution in [0.15, 0.2) is 18.3 Å². The van der Waals surface area contributed by atoms with Crippen molar-refractivity contribution >= 4 is 11.7 Å². The molecule has 120 valence electrons. The van der Waals surface area contributed by atoms with Gasteiger partial charge in [0.1, 0.15) is 6.20 Å². The molecular weight excluding hydrogens is 288 g/mol.